The fourth-order valence-corrected chi connectivity index (χ4v) is 0.354. The topological polar surface area (TPSA) is 37.3 Å². The van der Waals surface area contributed by atoms with Crippen molar-refractivity contribution in [1.29, 1.82) is 0 Å². The minimum absolute atomic E-state index is 1.34. The Morgan fingerprint density at radius 3 is 1.50 bits per heavy atom. The van der Waals surface area contributed by atoms with Crippen LogP contribution >= 0.6 is 0 Å². The highest BCUT2D eigenvalue weighted by Gasteiger charge is 2.38. The second-order valence-electron chi connectivity index (χ2n) is 2.16. The highest BCUT2D eigenvalue weighted by molar-refractivity contribution is 5.73. The molecule has 0 rings (SSSR count). The second kappa shape index (κ2) is 6.94. The van der Waals surface area contributed by atoms with Crippen molar-refractivity contribution in [2.45, 2.75) is 39.3 Å². The molecule has 0 aliphatic heterocycles. The molecule has 0 radical (unpaired) electrons. The van der Waals surface area contributed by atoms with Gasteiger partial charge in [-0.05, 0) is 0 Å². The Balaban J connectivity index is 0. The van der Waals surface area contributed by atoms with Gasteiger partial charge in [0.25, 0.3) is 0 Å². The molecule has 74 valence electrons. The summed E-state index contributed by atoms with van der Waals surface area (Å²) in [5.74, 6) is -2.76. The molecule has 0 saturated carbocycles. The Morgan fingerprint density at radius 1 is 1.25 bits per heavy atom. The molecule has 0 aromatic carbocycles. The molecule has 0 aromatic heterocycles. The third-order valence-electron chi connectivity index (χ3n) is 0.950. The van der Waals surface area contributed by atoms with Crippen LogP contribution in [0.3, 0.4) is 0 Å². The molecular formula is C7H13F3O2. The third-order valence-corrected chi connectivity index (χ3v) is 0.950. The van der Waals surface area contributed by atoms with Crippen LogP contribution < -0.4 is 0 Å². The van der Waals surface area contributed by atoms with E-state index in [1.807, 2.05) is 0 Å². The third kappa shape index (κ3) is 12.0. The van der Waals surface area contributed by atoms with E-state index in [2.05, 4.69) is 13.8 Å². The van der Waals surface area contributed by atoms with Crippen LogP contribution in [0, 0.1) is 0 Å². The van der Waals surface area contributed by atoms with E-state index in [1.54, 1.807) is 0 Å². The summed E-state index contributed by atoms with van der Waals surface area (Å²) in [7, 11) is 0. The van der Waals surface area contributed by atoms with Gasteiger partial charge in [0.05, 0.1) is 0 Å². The van der Waals surface area contributed by atoms with Gasteiger partial charge in [-0.1, -0.05) is 33.1 Å². The Hall–Kier alpha value is -0.740. The molecule has 0 aliphatic rings. The molecule has 0 saturated heterocycles. The summed E-state index contributed by atoms with van der Waals surface area (Å²) >= 11 is 0. The van der Waals surface area contributed by atoms with Crippen molar-refractivity contribution >= 4 is 5.97 Å². The van der Waals surface area contributed by atoms with Crippen molar-refractivity contribution in [2.75, 3.05) is 0 Å². The number of hydrogen-bond acceptors (Lipinski definition) is 1. The standard InChI is InChI=1S/C5H12.C2HF3O2/c1-3-5-4-2;3-2(4,5)1(6)7/h3-5H2,1-2H3;(H,6,7). The number of carboxylic acid groups (broad SMARTS) is 1. The minimum Gasteiger partial charge on any atom is -0.475 e. The van der Waals surface area contributed by atoms with Crippen LogP contribution in [0.1, 0.15) is 33.1 Å². The lowest BCUT2D eigenvalue weighted by Gasteiger charge is -1.93. The maximum Gasteiger partial charge on any atom is 0.490 e. The van der Waals surface area contributed by atoms with Crippen LogP contribution in [0.15, 0.2) is 0 Å². The SMILES string of the molecule is CCCCC.O=C(O)C(F)(F)F. The minimum atomic E-state index is -5.08. The van der Waals surface area contributed by atoms with E-state index < -0.39 is 12.1 Å². The van der Waals surface area contributed by atoms with Gasteiger partial charge < -0.3 is 5.11 Å². The molecular weight excluding hydrogens is 173 g/mol. The summed E-state index contributed by atoms with van der Waals surface area (Å²) in [6, 6.07) is 0. The van der Waals surface area contributed by atoms with Gasteiger partial charge in [-0.3, -0.25) is 0 Å². The molecule has 2 nitrogen and oxygen atoms in total. The first-order valence-corrected chi connectivity index (χ1v) is 3.66. The average Bonchev–Trinajstić information content (AvgIpc) is 1.88. The second-order valence-corrected chi connectivity index (χ2v) is 2.16. The number of carbonyl (C=O) groups is 1. The van der Waals surface area contributed by atoms with E-state index in [1.165, 1.54) is 19.3 Å². The summed E-state index contributed by atoms with van der Waals surface area (Å²) < 4.78 is 31.7. The molecule has 0 amide bonds. The monoisotopic (exact) mass is 186 g/mol. The lowest BCUT2D eigenvalue weighted by molar-refractivity contribution is -0.192. The van der Waals surface area contributed by atoms with Crippen LogP contribution in [0.25, 0.3) is 0 Å². The van der Waals surface area contributed by atoms with Crippen LogP contribution in [-0.4, -0.2) is 17.3 Å². The number of hydrogen-bond donors (Lipinski definition) is 1. The van der Waals surface area contributed by atoms with E-state index in [4.69, 9.17) is 9.90 Å². The summed E-state index contributed by atoms with van der Waals surface area (Å²) in [6.07, 6.45) is -1.01. The van der Waals surface area contributed by atoms with E-state index in [0.717, 1.165) is 0 Å². The molecule has 0 unspecified atom stereocenters. The van der Waals surface area contributed by atoms with Crippen molar-refractivity contribution in [3.8, 4) is 0 Å². The number of unbranched alkanes of at least 4 members (excludes halogenated alkanes) is 2. The first-order chi connectivity index (χ1) is 5.36. The summed E-state index contributed by atoms with van der Waals surface area (Å²) in [4.78, 5) is 8.90. The normalized spacial score (nSPS) is 10.1. The maximum absolute atomic E-state index is 10.6. The van der Waals surface area contributed by atoms with Gasteiger partial charge in [0.1, 0.15) is 0 Å². The number of aliphatic carboxylic acids is 1. The zero-order valence-corrected chi connectivity index (χ0v) is 7.11. The van der Waals surface area contributed by atoms with Crippen molar-refractivity contribution in [1.82, 2.24) is 0 Å². The molecule has 0 bridgehead atoms. The fraction of sp³-hybridized carbons (Fsp3) is 0.857. The maximum atomic E-state index is 10.6. The summed E-state index contributed by atoms with van der Waals surface area (Å²) in [6.45, 7) is 4.42. The molecule has 1 N–H and O–H groups in total. The molecule has 0 fully saturated rings. The van der Waals surface area contributed by atoms with Gasteiger partial charge in [-0.2, -0.15) is 13.2 Å². The van der Waals surface area contributed by atoms with Crippen LogP contribution in [0.5, 0.6) is 0 Å². The van der Waals surface area contributed by atoms with Crippen LogP contribution in [0.4, 0.5) is 13.2 Å². The lowest BCUT2D eigenvalue weighted by Crippen LogP contribution is -2.21. The van der Waals surface area contributed by atoms with E-state index in [-0.39, 0.29) is 0 Å². The predicted molar refractivity (Wildman–Crippen MR) is 38.9 cm³/mol. The predicted octanol–water partition coefficient (Wildman–Crippen LogP) is 2.83. The smallest absolute Gasteiger partial charge is 0.475 e. The molecule has 0 atom stereocenters. The van der Waals surface area contributed by atoms with Gasteiger partial charge in [0, 0.05) is 0 Å². The first-order valence-electron chi connectivity index (χ1n) is 3.66. The number of carboxylic acids is 1. The van der Waals surface area contributed by atoms with Crippen molar-refractivity contribution in [3.63, 3.8) is 0 Å². The highest BCUT2D eigenvalue weighted by atomic mass is 19.4. The number of alkyl halides is 3. The Labute approximate surface area is 69.4 Å². The number of halogens is 3. The number of rotatable bonds is 2. The van der Waals surface area contributed by atoms with Crippen molar-refractivity contribution in [2.24, 2.45) is 0 Å². The molecule has 0 heterocycles. The molecule has 12 heavy (non-hydrogen) atoms. The van der Waals surface area contributed by atoms with Crippen molar-refractivity contribution < 1.29 is 23.1 Å². The summed E-state index contributed by atoms with van der Waals surface area (Å²) in [5.41, 5.74) is 0. The van der Waals surface area contributed by atoms with E-state index in [0.29, 0.717) is 0 Å². The first kappa shape index (κ1) is 13.8. The zero-order chi connectivity index (χ0) is 10.2. The van der Waals surface area contributed by atoms with Gasteiger partial charge in [0.2, 0.25) is 0 Å². The fourth-order valence-electron chi connectivity index (χ4n) is 0.354. The van der Waals surface area contributed by atoms with E-state index in [9.17, 15) is 13.2 Å². The lowest BCUT2D eigenvalue weighted by atomic mass is 10.3. The van der Waals surface area contributed by atoms with Gasteiger partial charge >= 0.3 is 12.1 Å². The molecule has 0 aromatic rings. The average molecular weight is 186 g/mol. The van der Waals surface area contributed by atoms with Gasteiger partial charge in [-0.25, -0.2) is 4.79 Å². The molecule has 5 heteroatoms. The molecule has 0 aliphatic carbocycles. The highest BCUT2D eigenvalue weighted by Crippen LogP contribution is 2.13. The van der Waals surface area contributed by atoms with Crippen molar-refractivity contribution in [3.05, 3.63) is 0 Å². The Bertz CT molecular complexity index is 118. The van der Waals surface area contributed by atoms with Crippen LogP contribution in [-0.2, 0) is 4.79 Å². The zero-order valence-electron chi connectivity index (χ0n) is 7.11. The Kier molecular flexibility index (Phi) is 7.99. The Morgan fingerprint density at radius 2 is 1.50 bits per heavy atom. The molecule has 0 spiro atoms. The summed E-state index contributed by atoms with van der Waals surface area (Å²) in [5, 5.41) is 7.12. The van der Waals surface area contributed by atoms with Gasteiger partial charge in [-0.15, -0.1) is 0 Å². The van der Waals surface area contributed by atoms with Crippen LogP contribution in [0.2, 0.25) is 0 Å². The largest absolute Gasteiger partial charge is 0.490 e. The van der Waals surface area contributed by atoms with Gasteiger partial charge in [0.15, 0.2) is 0 Å². The quantitative estimate of drug-likeness (QED) is 0.719. The van der Waals surface area contributed by atoms with E-state index >= 15 is 0 Å².